The molecule has 4 rings (SSSR count). The molecule has 134 valence electrons. The van der Waals surface area contributed by atoms with Crippen molar-refractivity contribution in [2.24, 2.45) is 5.92 Å². The molecule has 0 spiro atoms. The van der Waals surface area contributed by atoms with E-state index in [1.54, 1.807) is 0 Å². The standard InChI is InChI=1S/C22H26N3O/c1-18-23-24-22(26-18)14-8-9-19-15-16-25(17-19,20-10-4-2-5-11-20)21-12-6-3-7-13-21/h2-7,10-13,19H,8-9,14-17H2,1H3/q+1. The zero-order chi connectivity index (χ0) is 17.8. The van der Waals surface area contributed by atoms with Crippen LogP contribution in [0.5, 0.6) is 0 Å². The lowest BCUT2D eigenvalue weighted by Crippen LogP contribution is -2.41. The van der Waals surface area contributed by atoms with Gasteiger partial charge in [0.2, 0.25) is 11.8 Å². The van der Waals surface area contributed by atoms with Crippen LogP contribution in [0.3, 0.4) is 0 Å². The highest BCUT2D eigenvalue weighted by Gasteiger charge is 2.41. The van der Waals surface area contributed by atoms with Gasteiger partial charge in [0, 0.05) is 25.7 Å². The van der Waals surface area contributed by atoms with Gasteiger partial charge in [-0.15, -0.1) is 10.2 Å². The predicted octanol–water partition coefficient (Wildman–Crippen LogP) is 5.06. The van der Waals surface area contributed by atoms with Crippen LogP contribution in [0.15, 0.2) is 65.1 Å². The van der Waals surface area contributed by atoms with Crippen molar-refractivity contribution in [2.75, 3.05) is 13.1 Å². The molecule has 0 N–H and O–H groups in total. The van der Waals surface area contributed by atoms with Crippen LogP contribution in [0, 0.1) is 12.8 Å². The van der Waals surface area contributed by atoms with E-state index in [1.807, 2.05) is 6.92 Å². The third-order valence-electron chi connectivity index (χ3n) is 5.56. The molecule has 26 heavy (non-hydrogen) atoms. The van der Waals surface area contributed by atoms with E-state index in [-0.39, 0.29) is 0 Å². The molecule has 0 radical (unpaired) electrons. The van der Waals surface area contributed by atoms with Crippen molar-refractivity contribution < 1.29 is 4.42 Å². The maximum Gasteiger partial charge on any atom is 0.216 e. The highest BCUT2D eigenvalue weighted by Crippen LogP contribution is 2.41. The zero-order valence-electron chi connectivity index (χ0n) is 15.3. The van der Waals surface area contributed by atoms with Gasteiger partial charge >= 0.3 is 0 Å². The van der Waals surface area contributed by atoms with Crippen molar-refractivity contribution in [1.82, 2.24) is 14.7 Å². The molecule has 4 heteroatoms. The summed E-state index contributed by atoms with van der Waals surface area (Å²) < 4.78 is 6.47. The van der Waals surface area contributed by atoms with Crippen LogP contribution in [0.2, 0.25) is 0 Å². The number of hydrogen-bond donors (Lipinski definition) is 0. The van der Waals surface area contributed by atoms with Crippen LogP contribution in [0.1, 0.15) is 31.0 Å². The van der Waals surface area contributed by atoms with Gasteiger partial charge in [0.25, 0.3) is 0 Å². The normalized spacial score (nSPS) is 18.9. The summed E-state index contributed by atoms with van der Waals surface area (Å²) in [4.78, 5) is 0. The van der Waals surface area contributed by atoms with Crippen LogP contribution in [-0.2, 0) is 6.42 Å². The van der Waals surface area contributed by atoms with Crippen LogP contribution in [0.25, 0.3) is 0 Å². The molecule has 1 aromatic heterocycles. The maximum atomic E-state index is 5.50. The number of nitrogens with zero attached hydrogens (tertiary/aromatic N) is 3. The van der Waals surface area contributed by atoms with E-state index >= 15 is 0 Å². The summed E-state index contributed by atoms with van der Waals surface area (Å²) in [6.07, 6.45) is 4.46. The van der Waals surface area contributed by atoms with E-state index in [0.29, 0.717) is 5.89 Å². The largest absolute Gasteiger partial charge is 0.426 e. The fourth-order valence-corrected chi connectivity index (χ4v) is 4.29. The highest BCUT2D eigenvalue weighted by atomic mass is 16.4. The lowest BCUT2D eigenvalue weighted by Gasteiger charge is -2.34. The van der Waals surface area contributed by atoms with Gasteiger partial charge in [-0.2, -0.15) is 0 Å². The summed E-state index contributed by atoms with van der Waals surface area (Å²) in [6.45, 7) is 4.17. The monoisotopic (exact) mass is 348 g/mol. The molecular weight excluding hydrogens is 322 g/mol. The predicted molar refractivity (Wildman–Crippen MR) is 104 cm³/mol. The fourth-order valence-electron chi connectivity index (χ4n) is 4.29. The molecule has 1 unspecified atom stereocenters. The van der Waals surface area contributed by atoms with Crippen molar-refractivity contribution in [3.8, 4) is 0 Å². The van der Waals surface area contributed by atoms with Gasteiger partial charge in [-0.1, -0.05) is 36.4 Å². The van der Waals surface area contributed by atoms with E-state index in [9.17, 15) is 0 Å². The van der Waals surface area contributed by atoms with Gasteiger partial charge in [0.05, 0.1) is 13.1 Å². The molecule has 0 bridgehead atoms. The van der Waals surface area contributed by atoms with Crippen molar-refractivity contribution in [2.45, 2.75) is 32.6 Å². The number of quaternary nitrogens is 1. The minimum Gasteiger partial charge on any atom is -0.426 e. The Morgan fingerprint density at radius 2 is 1.62 bits per heavy atom. The Labute approximate surface area is 155 Å². The first-order valence-electron chi connectivity index (χ1n) is 9.53. The SMILES string of the molecule is Cc1nnc(CCCC2CC[N+](c3ccccc3)(c3ccccc3)C2)o1. The second-order valence-electron chi connectivity index (χ2n) is 7.31. The Balaban J connectivity index is 1.48. The molecule has 2 aromatic carbocycles. The zero-order valence-corrected chi connectivity index (χ0v) is 15.3. The summed E-state index contributed by atoms with van der Waals surface area (Å²) in [5.41, 5.74) is 2.79. The number of hydrogen-bond acceptors (Lipinski definition) is 3. The Morgan fingerprint density at radius 3 is 2.19 bits per heavy atom. The molecule has 2 heterocycles. The van der Waals surface area contributed by atoms with E-state index in [2.05, 4.69) is 70.9 Å². The van der Waals surface area contributed by atoms with Gasteiger partial charge in [-0.05, 0) is 37.1 Å². The Morgan fingerprint density at radius 1 is 0.962 bits per heavy atom. The number of rotatable bonds is 6. The third-order valence-corrected chi connectivity index (χ3v) is 5.56. The summed E-state index contributed by atoms with van der Waals surface area (Å²) in [6, 6.07) is 21.9. The van der Waals surface area contributed by atoms with Crippen molar-refractivity contribution in [3.05, 3.63) is 72.4 Å². The second kappa shape index (κ2) is 7.42. The molecule has 0 aliphatic carbocycles. The molecule has 1 fully saturated rings. The average molecular weight is 348 g/mol. The minimum absolute atomic E-state index is 0.657. The first-order valence-corrected chi connectivity index (χ1v) is 9.53. The number of aryl methyl sites for hydroxylation is 2. The summed E-state index contributed by atoms with van der Waals surface area (Å²) in [5.74, 6) is 2.15. The topological polar surface area (TPSA) is 38.9 Å². The van der Waals surface area contributed by atoms with E-state index < -0.39 is 0 Å². The molecule has 4 nitrogen and oxygen atoms in total. The third kappa shape index (κ3) is 3.42. The highest BCUT2D eigenvalue weighted by molar-refractivity contribution is 5.59. The lowest BCUT2D eigenvalue weighted by molar-refractivity contribution is 0.410. The summed E-state index contributed by atoms with van der Waals surface area (Å²) >= 11 is 0. The van der Waals surface area contributed by atoms with Gasteiger partial charge < -0.3 is 4.42 Å². The van der Waals surface area contributed by atoms with Gasteiger partial charge in [0.15, 0.2) is 0 Å². The summed E-state index contributed by atoms with van der Waals surface area (Å²) in [7, 11) is 0. The first-order chi connectivity index (χ1) is 12.8. The first kappa shape index (κ1) is 17.0. The van der Waals surface area contributed by atoms with Gasteiger partial charge in [-0.3, -0.25) is 4.48 Å². The fraction of sp³-hybridized carbons (Fsp3) is 0.364. The van der Waals surface area contributed by atoms with Gasteiger partial charge in [0.1, 0.15) is 11.4 Å². The molecule has 1 aliphatic heterocycles. The minimum atomic E-state index is 0.657. The van der Waals surface area contributed by atoms with E-state index in [4.69, 9.17) is 4.42 Å². The lowest BCUT2D eigenvalue weighted by atomic mass is 10.0. The molecule has 1 saturated heterocycles. The van der Waals surface area contributed by atoms with E-state index in [1.165, 1.54) is 30.8 Å². The Kier molecular flexibility index (Phi) is 4.85. The smallest absolute Gasteiger partial charge is 0.216 e. The number of benzene rings is 2. The van der Waals surface area contributed by atoms with Crippen LogP contribution >= 0.6 is 0 Å². The van der Waals surface area contributed by atoms with Crippen molar-refractivity contribution in [3.63, 3.8) is 0 Å². The van der Waals surface area contributed by atoms with Crippen molar-refractivity contribution in [1.29, 1.82) is 0 Å². The second-order valence-corrected chi connectivity index (χ2v) is 7.31. The average Bonchev–Trinajstić information content (AvgIpc) is 3.31. The maximum absolute atomic E-state index is 5.50. The van der Waals surface area contributed by atoms with Crippen LogP contribution < -0.4 is 4.48 Å². The van der Waals surface area contributed by atoms with E-state index in [0.717, 1.165) is 35.7 Å². The molecule has 3 aromatic rings. The molecule has 0 saturated carbocycles. The van der Waals surface area contributed by atoms with Gasteiger partial charge in [-0.25, -0.2) is 0 Å². The van der Waals surface area contributed by atoms with Crippen LogP contribution in [0.4, 0.5) is 11.4 Å². The van der Waals surface area contributed by atoms with Crippen LogP contribution in [-0.4, -0.2) is 23.3 Å². The molecule has 0 amide bonds. The Bertz CT molecular complexity index is 789. The molecular formula is C22H26N3O+. The number of aromatic nitrogens is 2. The Hall–Kier alpha value is -2.46. The van der Waals surface area contributed by atoms with Crippen molar-refractivity contribution >= 4 is 11.4 Å². The molecule has 1 atom stereocenters. The summed E-state index contributed by atoms with van der Waals surface area (Å²) in [5, 5.41) is 8.03. The quantitative estimate of drug-likeness (QED) is 0.585. The molecule has 1 aliphatic rings. The number of para-hydroxylation sites is 2.